The number of hydrogen-bond donors (Lipinski definition) is 0. The molecule has 0 spiro atoms. The highest BCUT2D eigenvalue weighted by Crippen LogP contribution is 2.20. The molecule has 0 atom stereocenters. The third-order valence-electron chi connectivity index (χ3n) is 3.21. The van der Waals surface area contributed by atoms with Gasteiger partial charge in [-0.1, -0.05) is 18.2 Å². The number of nitrogens with zero attached hydrogens (tertiary/aromatic N) is 1. The molecule has 3 nitrogen and oxygen atoms in total. The summed E-state index contributed by atoms with van der Waals surface area (Å²) >= 11 is 0. The Bertz CT molecular complexity index is 806. The second-order valence-electron chi connectivity index (χ2n) is 4.73. The van der Waals surface area contributed by atoms with Gasteiger partial charge in [0, 0.05) is 0 Å². The standard InChI is InChI=1S/C16H11F2NO2/c1-9-6-7-10(17)15(16(9)18)12(20)8-14-19-11-4-2-3-5-13(11)21-14/h2-7H,8H2,1H3. The average molecular weight is 287 g/mol. The number of halogens is 2. The molecule has 1 heterocycles. The summed E-state index contributed by atoms with van der Waals surface area (Å²) in [4.78, 5) is 16.2. The Balaban J connectivity index is 1.95. The fraction of sp³-hybridized carbons (Fsp3) is 0.125. The van der Waals surface area contributed by atoms with Crippen LogP contribution in [0.3, 0.4) is 0 Å². The van der Waals surface area contributed by atoms with Crippen molar-refractivity contribution in [2.45, 2.75) is 13.3 Å². The van der Waals surface area contributed by atoms with E-state index in [1.54, 1.807) is 24.3 Å². The van der Waals surface area contributed by atoms with E-state index >= 15 is 0 Å². The van der Waals surface area contributed by atoms with E-state index in [2.05, 4.69) is 4.98 Å². The molecule has 0 bridgehead atoms. The molecule has 0 aliphatic heterocycles. The molecule has 0 aliphatic rings. The number of ketones is 1. The van der Waals surface area contributed by atoms with Crippen LogP contribution in [0.4, 0.5) is 8.78 Å². The van der Waals surface area contributed by atoms with Crippen LogP contribution in [0.2, 0.25) is 0 Å². The Morgan fingerprint density at radius 3 is 2.71 bits per heavy atom. The third-order valence-corrected chi connectivity index (χ3v) is 3.21. The Labute approximate surface area is 119 Å². The number of fused-ring (bicyclic) bond motifs is 1. The molecule has 0 amide bonds. The maximum atomic E-state index is 13.9. The summed E-state index contributed by atoms with van der Waals surface area (Å²) < 4.78 is 33.0. The zero-order chi connectivity index (χ0) is 15.0. The van der Waals surface area contributed by atoms with E-state index < -0.39 is 23.0 Å². The van der Waals surface area contributed by atoms with Crippen LogP contribution in [0, 0.1) is 18.6 Å². The Morgan fingerprint density at radius 1 is 1.19 bits per heavy atom. The zero-order valence-corrected chi connectivity index (χ0v) is 11.2. The van der Waals surface area contributed by atoms with Gasteiger partial charge in [-0.05, 0) is 30.7 Å². The molecule has 0 saturated heterocycles. The van der Waals surface area contributed by atoms with Crippen molar-refractivity contribution in [3.63, 3.8) is 0 Å². The molecule has 3 rings (SSSR count). The predicted octanol–water partition coefficient (Wildman–Crippen LogP) is 3.84. The van der Waals surface area contributed by atoms with E-state index in [0.29, 0.717) is 11.1 Å². The van der Waals surface area contributed by atoms with Gasteiger partial charge in [0.25, 0.3) is 0 Å². The third kappa shape index (κ3) is 2.42. The first-order valence-electron chi connectivity index (χ1n) is 6.38. The lowest BCUT2D eigenvalue weighted by atomic mass is 10.0. The zero-order valence-electron chi connectivity index (χ0n) is 11.2. The van der Waals surface area contributed by atoms with Gasteiger partial charge in [-0.15, -0.1) is 0 Å². The quantitative estimate of drug-likeness (QED) is 0.687. The van der Waals surface area contributed by atoms with Crippen molar-refractivity contribution < 1.29 is 18.0 Å². The summed E-state index contributed by atoms with van der Waals surface area (Å²) in [5, 5.41) is 0. The lowest BCUT2D eigenvalue weighted by Crippen LogP contribution is -2.10. The molecule has 0 saturated carbocycles. The van der Waals surface area contributed by atoms with Gasteiger partial charge in [-0.2, -0.15) is 0 Å². The van der Waals surface area contributed by atoms with Crippen molar-refractivity contribution in [2.75, 3.05) is 0 Å². The number of carbonyl (C=O) groups excluding carboxylic acids is 1. The van der Waals surface area contributed by atoms with Gasteiger partial charge >= 0.3 is 0 Å². The maximum Gasteiger partial charge on any atom is 0.203 e. The number of aryl methyl sites for hydroxylation is 1. The van der Waals surface area contributed by atoms with Gasteiger partial charge < -0.3 is 4.42 Å². The Morgan fingerprint density at radius 2 is 1.95 bits per heavy atom. The Hall–Kier alpha value is -2.56. The molecule has 0 radical (unpaired) electrons. The fourth-order valence-electron chi connectivity index (χ4n) is 2.13. The van der Waals surface area contributed by atoms with Crippen LogP contribution in [0.1, 0.15) is 21.8 Å². The van der Waals surface area contributed by atoms with Crippen molar-refractivity contribution in [1.29, 1.82) is 0 Å². The number of oxazole rings is 1. The number of Topliss-reactive ketones (excluding diaryl/α,β-unsaturated/α-hetero) is 1. The van der Waals surface area contributed by atoms with E-state index in [-0.39, 0.29) is 17.9 Å². The van der Waals surface area contributed by atoms with Crippen LogP contribution in [0.15, 0.2) is 40.8 Å². The van der Waals surface area contributed by atoms with Crippen LogP contribution in [-0.2, 0) is 6.42 Å². The van der Waals surface area contributed by atoms with Crippen molar-refractivity contribution in [3.8, 4) is 0 Å². The molecule has 0 aliphatic carbocycles. The first-order valence-corrected chi connectivity index (χ1v) is 6.38. The fourth-order valence-corrected chi connectivity index (χ4v) is 2.13. The van der Waals surface area contributed by atoms with Gasteiger partial charge in [0.2, 0.25) is 5.89 Å². The second kappa shape index (κ2) is 5.09. The van der Waals surface area contributed by atoms with Crippen molar-refractivity contribution >= 4 is 16.9 Å². The van der Waals surface area contributed by atoms with Crippen molar-refractivity contribution in [2.24, 2.45) is 0 Å². The van der Waals surface area contributed by atoms with Crippen LogP contribution in [0.5, 0.6) is 0 Å². The predicted molar refractivity (Wildman–Crippen MR) is 73.1 cm³/mol. The molecule has 0 N–H and O–H groups in total. The van der Waals surface area contributed by atoms with E-state index in [1.807, 2.05) is 0 Å². The first kappa shape index (κ1) is 13.4. The van der Waals surface area contributed by atoms with Gasteiger partial charge in [-0.3, -0.25) is 4.79 Å². The minimum absolute atomic E-state index is 0.140. The average Bonchev–Trinajstić information content (AvgIpc) is 2.85. The number of benzene rings is 2. The van der Waals surface area contributed by atoms with E-state index in [9.17, 15) is 13.6 Å². The monoisotopic (exact) mass is 287 g/mol. The molecule has 1 aromatic heterocycles. The molecular weight excluding hydrogens is 276 g/mol. The first-order chi connectivity index (χ1) is 10.1. The SMILES string of the molecule is Cc1ccc(F)c(C(=O)Cc2nc3ccccc3o2)c1F. The minimum Gasteiger partial charge on any atom is -0.440 e. The number of aromatic nitrogens is 1. The highest BCUT2D eigenvalue weighted by atomic mass is 19.1. The largest absolute Gasteiger partial charge is 0.440 e. The summed E-state index contributed by atoms with van der Waals surface area (Å²) in [5.74, 6) is -2.27. The summed E-state index contributed by atoms with van der Waals surface area (Å²) in [7, 11) is 0. The molecular formula is C16H11F2NO2. The van der Waals surface area contributed by atoms with E-state index in [4.69, 9.17) is 4.42 Å². The van der Waals surface area contributed by atoms with Gasteiger partial charge in [0.1, 0.15) is 17.2 Å². The number of rotatable bonds is 3. The summed E-state index contributed by atoms with van der Waals surface area (Å²) in [6, 6.07) is 9.39. The topological polar surface area (TPSA) is 43.1 Å². The van der Waals surface area contributed by atoms with Crippen LogP contribution in [0.25, 0.3) is 11.1 Å². The molecule has 21 heavy (non-hydrogen) atoms. The molecule has 3 aromatic rings. The highest BCUT2D eigenvalue weighted by molar-refractivity contribution is 5.98. The molecule has 0 fully saturated rings. The van der Waals surface area contributed by atoms with Gasteiger partial charge in [0.05, 0.1) is 12.0 Å². The highest BCUT2D eigenvalue weighted by Gasteiger charge is 2.21. The van der Waals surface area contributed by atoms with Crippen molar-refractivity contribution in [1.82, 2.24) is 4.98 Å². The molecule has 2 aromatic carbocycles. The maximum absolute atomic E-state index is 13.9. The minimum atomic E-state index is -0.876. The summed E-state index contributed by atoms with van der Waals surface area (Å²) in [6.45, 7) is 1.48. The number of para-hydroxylation sites is 2. The van der Waals surface area contributed by atoms with Crippen LogP contribution in [-0.4, -0.2) is 10.8 Å². The number of carbonyl (C=O) groups is 1. The molecule has 0 unspecified atom stereocenters. The second-order valence-corrected chi connectivity index (χ2v) is 4.73. The number of hydrogen-bond acceptors (Lipinski definition) is 3. The Kier molecular flexibility index (Phi) is 3.25. The van der Waals surface area contributed by atoms with Gasteiger partial charge in [0.15, 0.2) is 11.4 Å². The van der Waals surface area contributed by atoms with Crippen LogP contribution >= 0.6 is 0 Å². The lowest BCUT2D eigenvalue weighted by molar-refractivity contribution is 0.0977. The molecule has 106 valence electrons. The normalized spacial score (nSPS) is 11.0. The van der Waals surface area contributed by atoms with E-state index in [0.717, 1.165) is 6.07 Å². The lowest BCUT2D eigenvalue weighted by Gasteiger charge is -2.04. The van der Waals surface area contributed by atoms with Crippen LogP contribution < -0.4 is 0 Å². The smallest absolute Gasteiger partial charge is 0.203 e. The van der Waals surface area contributed by atoms with Gasteiger partial charge in [-0.25, -0.2) is 13.8 Å². The van der Waals surface area contributed by atoms with Crippen molar-refractivity contribution in [3.05, 3.63) is 65.1 Å². The summed E-state index contributed by atoms with van der Waals surface area (Å²) in [5.41, 5.74) is 0.811. The summed E-state index contributed by atoms with van der Waals surface area (Å²) in [6.07, 6.45) is -0.286. The molecule has 5 heteroatoms. The van der Waals surface area contributed by atoms with E-state index in [1.165, 1.54) is 13.0 Å².